The summed E-state index contributed by atoms with van der Waals surface area (Å²) in [6, 6.07) is 18.1. The molecule has 4 heterocycles. The quantitative estimate of drug-likeness (QED) is 0.105. The molecule has 4 N–H and O–H groups in total. The van der Waals surface area contributed by atoms with Crippen LogP contribution in [0, 0.1) is 23.0 Å². The Hall–Kier alpha value is -6.10. The molecule has 4 aliphatic heterocycles. The monoisotopic (exact) mass is 1010 g/mol. The third-order valence-corrected chi connectivity index (χ3v) is 16.7. The molecule has 4 aromatic carbocycles. The number of nitrogens with zero attached hydrogens (tertiary/aromatic N) is 3. The molecule has 72 heavy (non-hydrogen) atoms. The largest absolute Gasteiger partial charge is 0.495 e. The first-order valence-electron chi connectivity index (χ1n) is 25.2. The van der Waals surface area contributed by atoms with Crippen LogP contribution >= 0.6 is 11.6 Å². The van der Waals surface area contributed by atoms with Gasteiger partial charge in [-0.05, 0) is 119 Å². The predicted molar refractivity (Wildman–Crippen MR) is 269 cm³/mol. The zero-order valence-corrected chi connectivity index (χ0v) is 41.9. The Morgan fingerprint density at radius 3 is 2.22 bits per heavy atom. The topological polar surface area (TPSA) is 173 Å². The van der Waals surface area contributed by atoms with Crippen molar-refractivity contribution in [3.05, 3.63) is 106 Å². The first kappa shape index (κ1) is 50.8. The number of halogens is 3. The average molecular weight is 1010 g/mol. The summed E-state index contributed by atoms with van der Waals surface area (Å²) in [5, 5.41) is 5.72. The van der Waals surface area contributed by atoms with Crippen molar-refractivity contribution in [1.29, 1.82) is 0 Å². The molecule has 0 radical (unpaired) electrons. The van der Waals surface area contributed by atoms with E-state index < -0.39 is 35.1 Å². The molecule has 9 rings (SSSR count). The van der Waals surface area contributed by atoms with Crippen molar-refractivity contribution in [2.75, 3.05) is 64.9 Å². The van der Waals surface area contributed by atoms with E-state index in [1.165, 1.54) is 37.3 Å². The lowest BCUT2D eigenvalue weighted by molar-refractivity contribution is -0.124. The van der Waals surface area contributed by atoms with Gasteiger partial charge in [0.1, 0.15) is 23.1 Å². The van der Waals surface area contributed by atoms with E-state index in [9.17, 15) is 24.0 Å². The van der Waals surface area contributed by atoms with Crippen molar-refractivity contribution in [3.63, 3.8) is 0 Å². The molecule has 5 aliphatic rings. The molecule has 4 fully saturated rings. The molecule has 0 aromatic heterocycles. The second-order valence-corrected chi connectivity index (χ2v) is 20.6. The number of fused-ring (bicyclic) bond motifs is 1. The lowest BCUT2D eigenvalue weighted by atomic mass is 9.71. The Balaban J connectivity index is 0.754. The third-order valence-electron chi connectivity index (χ3n) is 16.3. The first-order valence-corrected chi connectivity index (χ1v) is 25.5. The van der Waals surface area contributed by atoms with Gasteiger partial charge in [0.15, 0.2) is 17.2 Å². The lowest BCUT2D eigenvalue weighted by Crippen LogP contribution is -2.50. The fourth-order valence-corrected chi connectivity index (χ4v) is 12.2. The van der Waals surface area contributed by atoms with Crippen molar-refractivity contribution in [1.82, 2.24) is 20.4 Å². The molecular weight excluding hydrogens is 946 g/mol. The summed E-state index contributed by atoms with van der Waals surface area (Å²) >= 11 is 6.69. The number of piperidine rings is 2. The Morgan fingerprint density at radius 2 is 1.56 bits per heavy atom. The Bertz CT molecular complexity index is 2740. The standard InChI is InChI=1S/C55H63ClF2N6O8/c1-33-46-44(31-39(57)49(56)48(46)47-38(51(59)67)16-18-43(71-3)50(47)58)72-55(33,36-8-5-4-6-9-36)32-60-37-14-11-34(12-15-37)41(65)10-7-24-62-26-20-54(21-27-62)22-28-63(29-23-54)52(68)35-13-17-42(70-2)40(30-35)64-25-19-45(66)61-53(64)69/h4-6,8-9,13,16-18,30-31,33-34,37,60H,7,10-12,14-15,19-29,32H2,1-3H3,(H2,59,67)(H,61,66,69)/t33-,34?,37?,55-/m0/s1. The molecule has 4 aromatic rings. The minimum Gasteiger partial charge on any atom is -0.495 e. The number of urea groups is 1. The van der Waals surface area contributed by atoms with Gasteiger partial charge in [0.05, 0.1) is 30.5 Å². The number of nitrogens with one attached hydrogen (secondary N) is 2. The molecular formula is C55H63ClF2N6O8. The summed E-state index contributed by atoms with van der Waals surface area (Å²) in [5.74, 6) is -2.76. The van der Waals surface area contributed by atoms with Crippen molar-refractivity contribution >= 4 is 46.8 Å². The fraction of sp³-hybridized carbons (Fsp3) is 0.473. The van der Waals surface area contributed by atoms with E-state index in [1.54, 1.807) is 18.2 Å². The third kappa shape index (κ3) is 9.89. The molecule has 14 nitrogen and oxygen atoms in total. The summed E-state index contributed by atoms with van der Waals surface area (Å²) < 4.78 is 49.5. The molecule has 5 amide bonds. The minimum absolute atomic E-state index is 0.00102. The number of anilines is 1. The van der Waals surface area contributed by atoms with E-state index in [1.807, 2.05) is 42.2 Å². The van der Waals surface area contributed by atoms with Crippen molar-refractivity contribution in [2.24, 2.45) is 17.1 Å². The van der Waals surface area contributed by atoms with E-state index in [2.05, 4.69) is 15.5 Å². The number of nitrogens with two attached hydrogens (primary N) is 1. The second-order valence-electron chi connectivity index (χ2n) is 20.2. The molecule has 0 unspecified atom stereocenters. The van der Waals surface area contributed by atoms with Crippen LogP contribution in [-0.2, 0) is 15.2 Å². The number of rotatable bonds is 15. The van der Waals surface area contributed by atoms with Crippen LogP contribution in [0.3, 0.4) is 0 Å². The molecule has 2 atom stereocenters. The number of benzene rings is 4. The van der Waals surface area contributed by atoms with Gasteiger partial charge in [-0.25, -0.2) is 13.6 Å². The van der Waals surface area contributed by atoms with Gasteiger partial charge in [-0.2, -0.15) is 0 Å². The number of imide groups is 1. The second kappa shape index (κ2) is 21.2. The van der Waals surface area contributed by atoms with Gasteiger partial charge in [0.25, 0.3) is 5.91 Å². The smallest absolute Gasteiger partial charge is 0.328 e. The van der Waals surface area contributed by atoms with Crippen LogP contribution in [0.4, 0.5) is 19.3 Å². The van der Waals surface area contributed by atoms with Gasteiger partial charge >= 0.3 is 6.03 Å². The van der Waals surface area contributed by atoms with Gasteiger partial charge in [0, 0.05) is 85.2 Å². The number of ketones is 1. The average Bonchev–Trinajstić information content (AvgIpc) is 3.67. The maximum atomic E-state index is 16.2. The first-order chi connectivity index (χ1) is 34.7. The fourth-order valence-electron chi connectivity index (χ4n) is 11.9. The number of carbonyl (C=O) groups excluding carboxylic acids is 5. The number of primary amides is 1. The number of Topliss-reactive ketones (excluding diaryl/α,β-unsaturated/α-hetero) is 1. The summed E-state index contributed by atoms with van der Waals surface area (Å²) in [6.45, 7) is 6.58. The molecule has 1 saturated carbocycles. The number of amides is 5. The van der Waals surface area contributed by atoms with Crippen LogP contribution in [0.5, 0.6) is 17.2 Å². The lowest BCUT2D eigenvalue weighted by Gasteiger charge is -2.47. The zero-order valence-electron chi connectivity index (χ0n) is 41.1. The van der Waals surface area contributed by atoms with Crippen LogP contribution < -0.4 is 35.5 Å². The van der Waals surface area contributed by atoms with Gasteiger partial charge in [-0.1, -0.05) is 48.9 Å². The number of likely N-dealkylation sites (tertiary alicyclic amines) is 2. The maximum Gasteiger partial charge on any atom is 0.328 e. The van der Waals surface area contributed by atoms with Crippen LogP contribution in [0.1, 0.15) is 115 Å². The number of carbonyl (C=O) groups is 5. The molecule has 382 valence electrons. The van der Waals surface area contributed by atoms with Crippen LogP contribution in [0.15, 0.2) is 66.7 Å². The highest BCUT2D eigenvalue weighted by molar-refractivity contribution is 6.34. The Kier molecular flexibility index (Phi) is 14.9. The molecule has 1 aliphatic carbocycles. The summed E-state index contributed by atoms with van der Waals surface area (Å²) in [7, 11) is 2.81. The van der Waals surface area contributed by atoms with Crippen LogP contribution in [0.25, 0.3) is 11.1 Å². The minimum atomic E-state index is -1.07. The highest BCUT2D eigenvalue weighted by atomic mass is 35.5. The van der Waals surface area contributed by atoms with E-state index in [4.69, 9.17) is 31.5 Å². The van der Waals surface area contributed by atoms with Gasteiger partial charge in [-0.3, -0.25) is 29.4 Å². The van der Waals surface area contributed by atoms with E-state index in [-0.39, 0.29) is 75.4 Å². The van der Waals surface area contributed by atoms with E-state index >= 15 is 8.78 Å². The molecule has 17 heteroatoms. The van der Waals surface area contributed by atoms with Gasteiger partial charge in [-0.15, -0.1) is 0 Å². The summed E-state index contributed by atoms with van der Waals surface area (Å²) in [5.41, 5.74) is 6.64. The normalized spacial score (nSPS) is 23.1. The van der Waals surface area contributed by atoms with Gasteiger partial charge < -0.3 is 35.1 Å². The summed E-state index contributed by atoms with van der Waals surface area (Å²) in [6.07, 6.45) is 8.62. The van der Waals surface area contributed by atoms with Crippen LogP contribution in [-0.4, -0.2) is 105 Å². The molecule has 1 spiro atoms. The van der Waals surface area contributed by atoms with Gasteiger partial charge in [0.2, 0.25) is 11.8 Å². The maximum absolute atomic E-state index is 16.2. The van der Waals surface area contributed by atoms with Crippen molar-refractivity contribution in [3.8, 4) is 28.4 Å². The number of methoxy groups -OCH3 is 2. The van der Waals surface area contributed by atoms with Crippen molar-refractivity contribution < 1.29 is 47.0 Å². The number of hydrogen-bond acceptors (Lipinski definition) is 10. The highest BCUT2D eigenvalue weighted by Gasteiger charge is 2.50. The van der Waals surface area contributed by atoms with E-state index in [0.29, 0.717) is 54.4 Å². The summed E-state index contributed by atoms with van der Waals surface area (Å²) in [4.78, 5) is 70.2. The van der Waals surface area contributed by atoms with Crippen molar-refractivity contribution in [2.45, 2.75) is 95.1 Å². The Labute approximate surface area is 423 Å². The predicted octanol–water partition coefficient (Wildman–Crippen LogP) is 8.76. The SMILES string of the molecule is COc1ccc(C(=O)N2CCC3(CCN(CCCC(=O)C4CCC(NC[C@]5(c6ccccc6)Oc6cc(F)c(Cl)c(-c7c(C(N)=O)ccc(OC)c7F)c6[C@@H]5C)CC4)CC3)CC2)cc1N1CCC(=O)NC1=O. The van der Waals surface area contributed by atoms with E-state index in [0.717, 1.165) is 83.0 Å². The zero-order chi connectivity index (χ0) is 50.9. The number of hydrogen-bond donors (Lipinski definition) is 3. The molecule has 3 saturated heterocycles. The molecule has 0 bridgehead atoms. The Morgan fingerprint density at radius 1 is 0.875 bits per heavy atom. The number of ether oxygens (including phenoxy) is 3. The van der Waals surface area contributed by atoms with Crippen LogP contribution in [0.2, 0.25) is 5.02 Å². The highest BCUT2D eigenvalue weighted by Crippen LogP contribution is 2.56.